The van der Waals surface area contributed by atoms with Crippen LogP contribution < -0.4 is 0 Å². The Morgan fingerprint density at radius 2 is 1.81 bits per heavy atom. The van der Waals surface area contributed by atoms with E-state index in [-0.39, 0.29) is 0 Å². The molecule has 0 radical (unpaired) electrons. The third-order valence-electron chi connectivity index (χ3n) is 2.21. The summed E-state index contributed by atoms with van der Waals surface area (Å²) in [7, 11) is 0. The molecule has 0 aliphatic rings. The minimum absolute atomic E-state index is 0.352. The van der Waals surface area contributed by atoms with Gasteiger partial charge in [0.25, 0.3) is 0 Å². The van der Waals surface area contributed by atoms with E-state index >= 15 is 0 Å². The average molecular weight is 229 g/mol. The molecule has 0 aliphatic carbocycles. The summed E-state index contributed by atoms with van der Waals surface area (Å²) in [5.41, 5.74) is 7.11. The zero-order valence-corrected chi connectivity index (χ0v) is 8.57. The number of nitrogens with zero attached hydrogens (tertiary/aromatic N) is 3. The Bertz CT molecular complexity index is 396. The molecule has 1 atom stereocenters. The first-order valence-electron chi connectivity index (χ1n) is 4.56. The molecule has 0 N–H and O–H groups in total. The van der Waals surface area contributed by atoms with Crippen LogP contribution in [0.3, 0.4) is 0 Å². The first-order chi connectivity index (χ1) is 7.37. The van der Waals surface area contributed by atoms with E-state index in [9.17, 15) is 13.2 Å². The largest absolute Gasteiger partial charge is 0.390 e. The molecule has 1 rings (SSSR count). The number of benzene rings is 1. The number of alkyl halides is 3. The van der Waals surface area contributed by atoms with E-state index in [1.54, 1.807) is 18.2 Å². The van der Waals surface area contributed by atoms with Gasteiger partial charge in [-0.15, -0.1) is 0 Å². The van der Waals surface area contributed by atoms with Crippen LogP contribution in [-0.2, 0) is 5.54 Å². The molecule has 0 amide bonds. The molecule has 3 nitrogen and oxygen atoms in total. The Morgan fingerprint density at radius 3 is 2.25 bits per heavy atom. The molecule has 0 fully saturated rings. The summed E-state index contributed by atoms with van der Waals surface area (Å²) in [5, 5.41) is 3.27. The van der Waals surface area contributed by atoms with Gasteiger partial charge in [0.1, 0.15) is 0 Å². The molecular formula is C10H10F3N3. The van der Waals surface area contributed by atoms with Gasteiger partial charge in [-0.25, -0.2) is 0 Å². The fourth-order valence-electron chi connectivity index (χ4n) is 1.48. The van der Waals surface area contributed by atoms with Gasteiger partial charge in [-0.2, -0.15) is 13.2 Å². The van der Waals surface area contributed by atoms with Crippen molar-refractivity contribution in [1.29, 1.82) is 0 Å². The van der Waals surface area contributed by atoms with Gasteiger partial charge < -0.3 is 0 Å². The first-order valence-corrected chi connectivity index (χ1v) is 4.56. The molecule has 0 aromatic heterocycles. The molecule has 0 saturated heterocycles. The van der Waals surface area contributed by atoms with Crippen molar-refractivity contribution in [2.75, 3.05) is 0 Å². The molecule has 1 aromatic rings. The van der Waals surface area contributed by atoms with Crippen LogP contribution >= 0.6 is 0 Å². The van der Waals surface area contributed by atoms with Crippen molar-refractivity contribution < 1.29 is 13.2 Å². The van der Waals surface area contributed by atoms with E-state index in [0.29, 0.717) is 5.56 Å². The van der Waals surface area contributed by atoms with E-state index in [2.05, 4.69) is 10.0 Å². The molecule has 1 aromatic carbocycles. The fourth-order valence-corrected chi connectivity index (χ4v) is 1.48. The maximum atomic E-state index is 12.4. The van der Waals surface area contributed by atoms with Crippen LogP contribution in [0.5, 0.6) is 0 Å². The van der Waals surface area contributed by atoms with Gasteiger partial charge in [-0.3, -0.25) is 0 Å². The van der Waals surface area contributed by atoms with E-state index in [0.717, 1.165) is 0 Å². The second kappa shape index (κ2) is 4.45. The molecule has 6 heteroatoms. The number of rotatable bonds is 3. The van der Waals surface area contributed by atoms with Crippen molar-refractivity contribution >= 4 is 0 Å². The summed E-state index contributed by atoms with van der Waals surface area (Å²) in [6.07, 6.45) is -5.55. The number of azide groups is 1. The van der Waals surface area contributed by atoms with Gasteiger partial charge in [0.2, 0.25) is 0 Å². The lowest BCUT2D eigenvalue weighted by atomic mass is 9.89. The third-order valence-corrected chi connectivity index (χ3v) is 2.21. The Balaban J connectivity index is 3.12. The minimum atomic E-state index is -4.38. The van der Waals surface area contributed by atoms with Crippen LogP contribution in [0.4, 0.5) is 13.2 Å². The van der Waals surface area contributed by atoms with Crippen molar-refractivity contribution in [2.45, 2.75) is 25.1 Å². The lowest BCUT2D eigenvalue weighted by molar-refractivity contribution is -0.146. The molecule has 0 heterocycles. The summed E-state index contributed by atoms with van der Waals surface area (Å²) in [6.45, 7) is 1.27. The maximum Gasteiger partial charge on any atom is 0.390 e. The van der Waals surface area contributed by atoms with Gasteiger partial charge >= 0.3 is 6.18 Å². The summed E-state index contributed by atoms with van der Waals surface area (Å²) >= 11 is 0. The lowest BCUT2D eigenvalue weighted by Crippen LogP contribution is -2.26. The van der Waals surface area contributed by atoms with Crippen molar-refractivity contribution in [3.8, 4) is 0 Å². The van der Waals surface area contributed by atoms with E-state index in [1.165, 1.54) is 19.1 Å². The van der Waals surface area contributed by atoms with Crippen molar-refractivity contribution in [3.05, 3.63) is 46.3 Å². The minimum Gasteiger partial charge on any atom is -0.171 e. The molecule has 86 valence electrons. The van der Waals surface area contributed by atoms with Gasteiger partial charge in [-0.05, 0) is 18.0 Å². The SMILES string of the molecule is C[C@@](CC(F)(F)F)(N=[N+]=[N-])c1ccccc1. The van der Waals surface area contributed by atoms with E-state index in [1.807, 2.05) is 0 Å². The van der Waals surface area contributed by atoms with Crippen LogP contribution in [-0.4, -0.2) is 6.18 Å². The fraction of sp³-hybridized carbons (Fsp3) is 0.400. The molecule has 0 bridgehead atoms. The summed E-state index contributed by atoms with van der Waals surface area (Å²) in [5.74, 6) is 0. The average Bonchev–Trinajstić information content (AvgIpc) is 2.16. The second-order valence-corrected chi connectivity index (χ2v) is 3.62. The second-order valence-electron chi connectivity index (χ2n) is 3.62. The molecule has 0 spiro atoms. The van der Waals surface area contributed by atoms with Crippen molar-refractivity contribution in [2.24, 2.45) is 5.11 Å². The molecule has 0 unspecified atom stereocenters. The Hall–Kier alpha value is -1.68. The van der Waals surface area contributed by atoms with Gasteiger partial charge in [0.05, 0.1) is 12.0 Å². The predicted molar refractivity (Wildman–Crippen MR) is 53.6 cm³/mol. The summed E-state index contributed by atoms with van der Waals surface area (Å²) in [6, 6.07) is 7.93. The first kappa shape index (κ1) is 12.4. The topological polar surface area (TPSA) is 48.8 Å². The quantitative estimate of drug-likeness (QED) is 0.424. The summed E-state index contributed by atoms with van der Waals surface area (Å²) in [4.78, 5) is 2.49. The van der Waals surface area contributed by atoms with Crippen molar-refractivity contribution in [3.63, 3.8) is 0 Å². The highest BCUT2D eigenvalue weighted by Crippen LogP contribution is 2.37. The normalized spacial score (nSPS) is 15.0. The third kappa shape index (κ3) is 3.17. The number of hydrogen-bond acceptors (Lipinski definition) is 1. The van der Waals surface area contributed by atoms with Gasteiger partial charge in [-0.1, -0.05) is 35.4 Å². The highest BCUT2D eigenvalue weighted by molar-refractivity contribution is 5.24. The zero-order valence-electron chi connectivity index (χ0n) is 8.57. The zero-order chi connectivity index (χ0) is 12.2. The number of hydrogen-bond donors (Lipinski definition) is 0. The van der Waals surface area contributed by atoms with Crippen molar-refractivity contribution in [1.82, 2.24) is 0 Å². The molecule has 0 aliphatic heterocycles. The van der Waals surface area contributed by atoms with Crippen LogP contribution in [0.25, 0.3) is 10.4 Å². The van der Waals surface area contributed by atoms with Gasteiger partial charge in [0, 0.05) is 4.91 Å². The Morgan fingerprint density at radius 1 is 1.25 bits per heavy atom. The molecule has 0 saturated carbocycles. The molecular weight excluding hydrogens is 219 g/mol. The summed E-state index contributed by atoms with van der Waals surface area (Å²) < 4.78 is 37.1. The van der Waals surface area contributed by atoms with E-state index in [4.69, 9.17) is 5.53 Å². The van der Waals surface area contributed by atoms with Crippen LogP contribution in [0.15, 0.2) is 35.4 Å². The number of halogens is 3. The highest BCUT2D eigenvalue weighted by Gasteiger charge is 2.39. The Kier molecular flexibility index (Phi) is 3.44. The predicted octanol–water partition coefficient (Wildman–Crippen LogP) is 4.16. The maximum absolute atomic E-state index is 12.4. The highest BCUT2D eigenvalue weighted by atomic mass is 19.4. The standard InChI is InChI=1S/C10H10F3N3/c1-9(15-16-14,7-10(11,12)13)8-5-3-2-4-6-8/h2-6H,7H2,1H3/t9-/m0/s1. The smallest absolute Gasteiger partial charge is 0.171 e. The van der Waals surface area contributed by atoms with Crippen LogP contribution in [0.1, 0.15) is 18.9 Å². The van der Waals surface area contributed by atoms with Gasteiger partial charge in [0.15, 0.2) is 0 Å². The van der Waals surface area contributed by atoms with Crippen LogP contribution in [0, 0.1) is 0 Å². The van der Waals surface area contributed by atoms with E-state index < -0.39 is 18.1 Å². The Labute approximate surface area is 90.5 Å². The lowest BCUT2D eigenvalue weighted by Gasteiger charge is -2.25. The monoisotopic (exact) mass is 229 g/mol. The molecule has 16 heavy (non-hydrogen) atoms. The van der Waals surface area contributed by atoms with Crippen LogP contribution in [0.2, 0.25) is 0 Å².